The Hall–Kier alpha value is -1.55. The lowest BCUT2D eigenvalue weighted by atomic mass is 10.2. The van der Waals surface area contributed by atoms with Gasteiger partial charge in [0.1, 0.15) is 5.82 Å². The molecule has 7 nitrogen and oxygen atoms in total. The Labute approximate surface area is 142 Å². The van der Waals surface area contributed by atoms with Crippen molar-refractivity contribution in [3.05, 3.63) is 34.7 Å². The summed E-state index contributed by atoms with van der Waals surface area (Å²) in [4.78, 5) is 0. The molecule has 1 heterocycles. The first-order valence-electron chi connectivity index (χ1n) is 6.98. The number of halogens is 2. The zero-order valence-corrected chi connectivity index (χ0v) is 14.0. The van der Waals surface area contributed by atoms with Gasteiger partial charge in [-0.05, 0) is 36.7 Å². The number of hydrogen-bond acceptors (Lipinski definition) is 8. The molecule has 0 saturated carbocycles. The van der Waals surface area contributed by atoms with Gasteiger partial charge in [-0.1, -0.05) is 16.8 Å². The summed E-state index contributed by atoms with van der Waals surface area (Å²) < 4.78 is 20.9. The second-order valence-electron chi connectivity index (χ2n) is 4.79. The summed E-state index contributed by atoms with van der Waals surface area (Å²) in [6.07, 6.45) is 0.867. The van der Waals surface area contributed by atoms with Crippen LogP contribution in [0.2, 0.25) is 5.02 Å². The van der Waals surface area contributed by atoms with E-state index in [1.165, 1.54) is 12.1 Å². The molecule has 0 aliphatic carbocycles. The molecule has 2 rings (SSSR count). The van der Waals surface area contributed by atoms with Crippen LogP contribution in [0, 0.1) is 5.82 Å². The summed E-state index contributed by atoms with van der Waals surface area (Å²) in [7, 11) is 0. The molecule has 0 saturated heterocycles. The lowest BCUT2D eigenvalue weighted by Gasteiger charge is -2.14. The van der Waals surface area contributed by atoms with Gasteiger partial charge in [0.05, 0.1) is 11.1 Å². The highest BCUT2D eigenvalue weighted by molar-refractivity contribution is 7.95. The second-order valence-corrected chi connectivity index (χ2v) is 5.72. The van der Waals surface area contributed by atoms with E-state index < -0.39 is 5.82 Å². The van der Waals surface area contributed by atoms with Crippen molar-refractivity contribution < 1.29 is 9.02 Å². The van der Waals surface area contributed by atoms with Crippen LogP contribution in [-0.4, -0.2) is 23.4 Å². The minimum absolute atomic E-state index is 0.0594. The Morgan fingerprint density at radius 1 is 1.39 bits per heavy atom. The molecule has 1 unspecified atom stereocenters. The molecule has 0 bridgehead atoms. The summed E-state index contributed by atoms with van der Waals surface area (Å²) >= 11 is 6.86. The van der Waals surface area contributed by atoms with Gasteiger partial charge < -0.3 is 10.6 Å². The molecular weight excluding hydrogens is 343 g/mol. The zero-order valence-electron chi connectivity index (χ0n) is 12.5. The maximum Gasteiger partial charge on any atom is 0.196 e. The van der Waals surface area contributed by atoms with Crippen molar-refractivity contribution in [3.8, 4) is 0 Å². The van der Waals surface area contributed by atoms with Gasteiger partial charge in [0.2, 0.25) is 0 Å². The molecule has 5 N–H and O–H groups in total. The topological polar surface area (TPSA) is 101 Å². The normalized spacial score (nSPS) is 12.2. The van der Waals surface area contributed by atoms with Crippen molar-refractivity contribution in [2.24, 2.45) is 5.14 Å². The van der Waals surface area contributed by atoms with Gasteiger partial charge >= 0.3 is 0 Å². The fraction of sp³-hybridized carbons (Fsp3) is 0.385. The molecule has 1 aromatic carbocycles. The molecule has 10 heteroatoms. The average Bonchev–Trinajstić information content (AvgIpc) is 2.99. The van der Waals surface area contributed by atoms with Crippen LogP contribution in [-0.2, 0) is 0 Å². The van der Waals surface area contributed by atoms with Crippen molar-refractivity contribution in [3.63, 3.8) is 0 Å². The van der Waals surface area contributed by atoms with Crippen LogP contribution in [0.3, 0.4) is 0 Å². The van der Waals surface area contributed by atoms with Gasteiger partial charge in [-0.15, -0.1) is 0 Å². The van der Waals surface area contributed by atoms with Gasteiger partial charge in [0, 0.05) is 30.9 Å². The number of rotatable bonds is 9. The van der Waals surface area contributed by atoms with E-state index in [1.807, 2.05) is 6.92 Å². The maximum atomic E-state index is 13.2. The molecule has 2 aromatic rings. The number of benzene rings is 1. The lowest BCUT2D eigenvalue weighted by molar-refractivity contribution is 0.303. The van der Waals surface area contributed by atoms with Gasteiger partial charge in [-0.2, -0.15) is 0 Å². The van der Waals surface area contributed by atoms with Crippen molar-refractivity contribution in [2.75, 3.05) is 23.7 Å². The molecule has 1 aromatic heterocycles. The van der Waals surface area contributed by atoms with Gasteiger partial charge in [0.15, 0.2) is 11.5 Å². The summed E-state index contributed by atoms with van der Waals surface area (Å²) in [5, 5.41) is 19.4. The molecule has 126 valence electrons. The largest absolute Gasteiger partial charge is 0.377 e. The third-order valence-electron chi connectivity index (χ3n) is 3.06. The van der Waals surface area contributed by atoms with E-state index in [2.05, 4.69) is 25.7 Å². The van der Waals surface area contributed by atoms with Crippen molar-refractivity contribution in [1.29, 1.82) is 0 Å². The molecule has 0 amide bonds. The molecule has 0 fully saturated rings. The Morgan fingerprint density at radius 2 is 2.22 bits per heavy atom. The van der Waals surface area contributed by atoms with E-state index in [4.69, 9.17) is 21.4 Å². The Kier molecular flexibility index (Phi) is 6.90. The first kappa shape index (κ1) is 17.8. The van der Waals surface area contributed by atoms with Crippen LogP contribution in [0.4, 0.5) is 15.9 Å². The Bertz CT molecular complexity index is 628. The van der Waals surface area contributed by atoms with Crippen LogP contribution >= 0.6 is 23.7 Å². The molecule has 0 spiro atoms. The van der Waals surface area contributed by atoms with Crippen LogP contribution in [0.5, 0.6) is 0 Å². The summed E-state index contributed by atoms with van der Waals surface area (Å²) in [6.45, 7) is 3.37. The predicted octanol–water partition coefficient (Wildman–Crippen LogP) is 2.95. The standard InChI is InChI=1S/C13H18ClFN6OS/c1-8(19-9-3-4-11(15)10(14)7-9)12-13(21-22-20-12)17-5-2-6-18-23-16/h3-4,7-8,18-19H,2,5-6,16H2,1H3,(H,17,21). The highest BCUT2D eigenvalue weighted by Crippen LogP contribution is 2.25. The Morgan fingerprint density at radius 3 is 2.96 bits per heavy atom. The monoisotopic (exact) mass is 360 g/mol. The van der Waals surface area contributed by atoms with Gasteiger partial charge in [-0.25, -0.2) is 9.02 Å². The summed E-state index contributed by atoms with van der Waals surface area (Å²) in [5.41, 5.74) is 1.31. The molecule has 0 aliphatic rings. The first-order chi connectivity index (χ1) is 11.1. The van der Waals surface area contributed by atoms with Crippen LogP contribution in [0.25, 0.3) is 0 Å². The van der Waals surface area contributed by atoms with Crippen molar-refractivity contribution in [1.82, 2.24) is 15.0 Å². The van der Waals surface area contributed by atoms with E-state index in [0.29, 0.717) is 23.7 Å². The van der Waals surface area contributed by atoms with E-state index >= 15 is 0 Å². The summed E-state index contributed by atoms with van der Waals surface area (Å²) in [6, 6.07) is 4.24. The number of aromatic nitrogens is 2. The quantitative estimate of drug-likeness (QED) is 0.400. The number of nitrogens with zero attached hydrogens (tertiary/aromatic N) is 2. The van der Waals surface area contributed by atoms with Gasteiger partial charge in [0.25, 0.3) is 0 Å². The maximum absolute atomic E-state index is 13.2. The average molecular weight is 361 g/mol. The zero-order chi connectivity index (χ0) is 16.7. The fourth-order valence-corrected chi connectivity index (χ4v) is 2.38. The lowest BCUT2D eigenvalue weighted by Crippen LogP contribution is -2.15. The third kappa shape index (κ3) is 5.24. The first-order valence-corrected chi connectivity index (χ1v) is 8.24. The third-order valence-corrected chi connectivity index (χ3v) is 3.72. The second kappa shape index (κ2) is 8.92. The van der Waals surface area contributed by atoms with E-state index in [-0.39, 0.29) is 11.1 Å². The van der Waals surface area contributed by atoms with Gasteiger partial charge in [-0.3, -0.25) is 9.86 Å². The van der Waals surface area contributed by atoms with E-state index in [9.17, 15) is 4.39 Å². The van der Waals surface area contributed by atoms with Crippen LogP contribution in [0.15, 0.2) is 22.8 Å². The fourth-order valence-electron chi connectivity index (χ4n) is 1.93. The smallest absolute Gasteiger partial charge is 0.196 e. The highest BCUT2D eigenvalue weighted by Gasteiger charge is 2.17. The highest BCUT2D eigenvalue weighted by atomic mass is 35.5. The molecular formula is C13H18ClFN6OS. The number of hydrogen-bond donors (Lipinski definition) is 4. The number of anilines is 2. The van der Waals surface area contributed by atoms with Crippen molar-refractivity contribution >= 4 is 35.2 Å². The van der Waals surface area contributed by atoms with E-state index in [1.54, 1.807) is 6.07 Å². The molecule has 0 radical (unpaired) electrons. The molecule has 23 heavy (non-hydrogen) atoms. The summed E-state index contributed by atoms with van der Waals surface area (Å²) in [5.74, 6) is 0.109. The molecule has 0 aliphatic heterocycles. The predicted molar refractivity (Wildman–Crippen MR) is 90.6 cm³/mol. The Balaban J connectivity index is 1.93. The van der Waals surface area contributed by atoms with Crippen molar-refractivity contribution in [2.45, 2.75) is 19.4 Å². The minimum Gasteiger partial charge on any atom is -0.377 e. The van der Waals surface area contributed by atoms with Crippen LogP contribution < -0.4 is 20.5 Å². The van der Waals surface area contributed by atoms with Crippen LogP contribution in [0.1, 0.15) is 25.1 Å². The SMILES string of the molecule is CC(Nc1ccc(F)c(Cl)c1)c1nonc1NCCCNSN. The number of nitrogens with two attached hydrogens (primary N) is 1. The number of nitrogens with one attached hydrogen (secondary N) is 3. The van der Waals surface area contributed by atoms with E-state index in [0.717, 1.165) is 25.1 Å². The minimum atomic E-state index is -0.459. The molecule has 1 atom stereocenters.